The summed E-state index contributed by atoms with van der Waals surface area (Å²) in [6.45, 7) is 2.16. The van der Waals surface area contributed by atoms with Crippen LogP contribution in [0, 0.1) is 12.7 Å². The first-order valence-corrected chi connectivity index (χ1v) is 6.60. The normalized spacial score (nSPS) is 17.0. The Kier molecular flexibility index (Phi) is 4.42. The van der Waals surface area contributed by atoms with Crippen LogP contribution < -0.4 is 10.6 Å². The Morgan fingerprint density at radius 1 is 1.33 bits per heavy atom. The summed E-state index contributed by atoms with van der Waals surface area (Å²) in [5.41, 5.74) is -0.772. The van der Waals surface area contributed by atoms with Gasteiger partial charge in [0.2, 0.25) is 0 Å². The van der Waals surface area contributed by atoms with E-state index < -0.39 is 23.4 Å². The number of carboxylic acids is 1. The van der Waals surface area contributed by atoms with E-state index in [4.69, 9.17) is 4.74 Å². The fraction of sp³-hybridized carbons (Fsp3) is 0.429. The molecule has 1 aromatic carbocycles. The molecule has 0 atom stereocenters. The smallest absolute Gasteiger partial charge is 0.329 e. The molecule has 1 saturated heterocycles. The number of nitrogens with one attached hydrogen (secondary N) is 2. The maximum atomic E-state index is 13.7. The summed E-state index contributed by atoms with van der Waals surface area (Å²) >= 11 is 0. The number of para-hydroxylation sites is 1. The van der Waals surface area contributed by atoms with Crippen LogP contribution in [0.4, 0.5) is 14.9 Å². The molecule has 7 heteroatoms. The molecular weight excluding hydrogens is 279 g/mol. The van der Waals surface area contributed by atoms with E-state index in [1.54, 1.807) is 13.0 Å². The van der Waals surface area contributed by atoms with E-state index in [0.29, 0.717) is 5.56 Å². The van der Waals surface area contributed by atoms with Crippen molar-refractivity contribution in [1.29, 1.82) is 0 Å². The van der Waals surface area contributed by atoms with Crippen molar-refractivity contribution < 1.29 is 23.8 Å². The molecule has 6 nitrogen and oxygen atoms in total. The van der Waals surface area contributed by atoms with Crippen LogP contribution in [0.25, 0.3) is 0 Å². The zero-order valence-corrected chi connectivity index (χ0v) is 11.6. The topological polar surface area (TPSA) is 87.7 Å². The molecule has 3 N–H and O–H groups in total. The number of anilines is 1. The van der Waals surface area contributed by atoms with E-state index in [9.17, 15) is 19.1 Å². The highest BCUT2D eigenvalue weighted by molar-refractivity contribution is 5.94. The predicted molar refractivity (Wildman–Crippen MR) is 73.7 cm³/mol. The Morgan fingerprint density at radius 2 is 2.00 bits per heavy atom. The van der Waals surface area contributed by atoms with Gasteiger partial charge in [-0.15, -0.1) is 0 Å². The molecule has 1 aromatic rings. The van der Waals surface area contributed by atoms with E-state index in [2.05, 4.69) is 10.6 Å². The highest BCUT2D eigenvalue weighted by atomic mass is 19.1. The Labute approximate surface area is 121 Å². The lowest BCUT2D eigenvalue weighted by Gasteiger charge is -2.33. The van der Waals surface area contributed by atoms with Gasteiger partial charge in [-0.3, -0.25) is 0 Å². The maximum absolute atomic E-state index is 13.7. The van der Waals surface area contributed by atoms with Crippen molar-refractivity contribution in [3.05, 3.63) is 29.6 Å². The van der Waals surface area contributed by atoms with Crippen LogP contribution in [0.5, 0.6) is 0 Å². The van der Waals surface area contributed by atoms with Crippen molar-refractivity contribution in [2.75, 3.05) is 18.5 Å². The second-order valence-electron chi connectivity index (χ2n) is 5.01. The summed E-state index contributed by atoms with van der Waals surface area (Å²) < 4.78 is 18.8. The van der Waals surface area contributed by atoms with Crippen LogP contribution in [-0.2, 0) is 9.53 Å². The van der Waals surface area contributed by atoms with Gasteiger partial charge in [-0.05, 0) is 18.6 Å². The highest BCUT2D eigenvalue weighted by Gasteiger charge is 2.41. The minimum Gasteiger partial charge on any atom is -0.480 e. The minimum absolute atomic E-state index is 0.0441. The third kappa shape index (κ3) is 3.30. The quantitative estimate of drug-likeness (QED) is 0.795. The number of rotatable bonds is 3. The molecular formula is C14H17FN2O4. The zero-order chi connectivity index (χ0) is 15.5. The largest absolute Gasteiger partial charge is 0.480 e. The number of ether oxygens (including phenoxy) is 1. The lowest BCUT2D eigenvalue weighted by molar-refractivity contribution is -0.148. The zero-order valence-electron chi connectivity index (χ0n) is 11.6. The summed E-state index contributed by atoms with van der Waals surface area (Å²) in [7, 11) is 0. The van der Waals surface area contributed by atoms with Crippen molar-refractivity contribution in [3.63, 3.8) is 0 Å². The second-order valence-corrected chi connectivity index (χ2v) is 5.01. The van der Waals surface area contributed by atoms with Crippen molar-refractivity contribution in [3.8, 4) is 0 Å². The maximum Gasteiger partial charge on any atom is 0.329 e. The standard InChI is InChI=1S/C14H17FN2O4/c1-9-3-2-4-10(15)11(9)16-13(20)17-14(12(18)19)5-7-21-8-6-14/h2-4H,5-8H2,1H3,(H,18,19)(H2,16,17,20). The van der Waals surface area contributed by atoms with Gasteiger partial charge in [-0.2, -0.15) is 0 Å². The van der Waals surface area contributed by atoms with Gasteiger partial charge in [0.1, 0.15) is 11.4 Å². The minimum atomic E-state index is -1.37. The summed E-state index contributed by atoms with van der Waals surface area (Å²) in [5.74, 6) is -1.69. The molecule has 0 saturated carbocycles. The van der Waals surface area contributed by atoms with Crippen LogP contribution in [0.3, 0.4) is 0 Å². The molecule has 1 heterocycles. The van der Waals surface area contributed by atoms with Gasteiger partial charge in [0, 0.05) is 26.1 Å². The van der Waals surface area contributed by atoms with Crippen LogP contribution in [0.15, 0.2) is 18.2 Å². The fourth-order valence-corrected chi connectivity index (χ4v) is 2.26. The lowest BCUT2D eigenvalue weighted by Crippen LogP contribution is -2.58. The van der Waals surface area contributed by atoms with Gasteiger partial charge in [0.15, 0.2) is 0 Å². The first kappa shape index (κ1) is 15.2. The lowest BCUT2D eigenvalue weighted by atomic mass is 9.90. The Hall–Kier alpha value is -2.15. The van der Waals surface area contributed by atoms with Crippen LogP contribution in [0.2, 0.25) is 0 Å². The van der Waals surface area contributed by atoms with Gasteiger partial charge in [-0.1, -0.05) is 12.1 Å². The molecule has 1 fully saturated rings. The molecule has 1 aliphatic heterocycles. The molecule has 0 bridgehead atoms. The second kappa shape index (κ2) is 6.09. The Balaban J connectivity index is 2.11. The third-order valence-corrected chi connectivity index (χ3v) is 3.57. The molecule has 2 amide bonds. The molecule has 0 aromatic heterocycles. The average Bonchev–Trinajstić information content (AvgIpc) is 2.44. The molecule has 0 aliphatic carbocycles. The highest BCUT2D eigenvalue weighted by Crippen LogP contribution is 2.22. The van der Waals surface area contributed by atoms with Gasteiger partial charge in [0.25, 0.3) is 0 Å². The summed E-state index contributed by atoms with van der Waals surface area (Å²) in [6, 6.07) is 3.67. The van der Waals surface area contributed by atoms with Crippen molar-refractivity contribution in [1.82, 2.24) is 5.32 Å². The molecule has 1 aliphatic rings. The third-order valence-electron chi connectivity index (χ3n) is 3.57. The van der Waals surface area contributed by atoms with Crippen molar-refractivity contribution in [2.24, 2.45) is 0 Å². The molecule has 0 unspecified atom stereocenters. The molecule has 0 radical (unpaired) electrons. The van der Waals surface area contributed by atoms with Crippen molar-refractivity contribution in [2.45, 2.75) is 25.3 Å². The number of amides is 2. The van der Waals surface area contributed by atoms with Crippen molar-refractivity contribution >= 4 is 17.7 Å². The molecule has 2 rings (SSSR count). The number of hydrogen-bond donors (Lipinski definition) is 3. The Bertz CT molecular complexity index is 536. The average molecular weight is 296 g/mol. The Morgan fingerprint density at radius 3 is 2.57 bits per heavy atom. The number of hydrogen-bond acceptors (Lipinski definition) is 3. The number of halogens is 1. The number of aliphatic carboxylic acids is 1. The number of urea groups is 1. The summed E-state index contributed by atoms with van der Waals surface area (Å²) in [6.07, 6.45) is 0.345. The van der Waals surface area contributed by atoms with Gasteiger partial charge in [0.05, 0.1) is 5.69 Å². The predicted octanol–water partition coefficient (Wildman–Crippen LogP) is 1.89. The van der Waals surface area contributed by atoms with E-state index in [1.165, 1.54) is 12.1 Å². The fourth-order valence-electron chi connectivity index (χ4n) is 2.26. The van der Waals surface area contributed by atoms with E-state index in [0.717, 1.165) is 0 Å². The van der Waals surface area contributed by atoms with Crippen LogP contribution >= 0.6 is 0 Å². The number of benzene rings is 1. The molecule has 114 valence electrons. The number of carbonyl (C=O) groups excluding carboxylic acids is 1. The van der Waals surface area contributed by atoms with Gasteiger partial charge < -0.3 is 20.5 Å². The molecule has 21 heavy (non-hydrogen) atoms. The first-order valence-electron chi connectivity index (χ1n) is 6.60. The van der Waals surface area contributed by atoms with Gasteiger partial charge >= 0.3 is 12.0 Å². The molecule has 0 spiro atoms. The van der Waals surface area contributed by atoms with E-state index in [1.807, 2.05) is 0 Å². The monoisotopic (exact) mass is 296 g/mol. The van der Waals surface area contributed by atoms with E-state index in [-0.39, 0.29) is 31.7 Å². The van der Waals surface area contributed by atoms with Crippen LogP contribution in [-0.4, -0.2) is 35.9 Å². The number of aryl methyl sites for hydroxylation is 1. The van der Waals surface area contributed by atoms with Gasteiger partial charge in [-0.25, -0.2) is 14.0 Å². The van der Waals surface area contributed by atoms with E-state index >= 15 is 0 Å². The first-order chi connectivity index (χ1) is 9.94. The number of carbonyl (C=O) groups is 2. The summed E-state index contributed by atoms with van der Waals surface area (Å²) in [5, 5.41) is 14.2. The summed E-state index contributed by atoms with van der Waals surface area (Å²) in [4.78, 5) is 23.4. The van der Waals surface area contributed by atoms with Crippen LogP contribution in [0.1, 0.15) is 18.4 Å². The SMILES string of the molecule is Cc1cccc(F)c1NC(=O)NC1(C(=O)O)CCOCC1. The number of carboxylic acid groups (broad SMARTS) is 1.